The van der Waals surface area contributed by atoms with Crippen molar-refractivity contribution < 1.29 is 4.79 Å². The molecule has 0 fully saturated rings. The first-order valence-corrected chi connectivity index (χ1v) is 5.03. The molecular weight excluding hydrogens is 192 g/mol. The molecule has 0 bridgehead atoms. The lowest BCUT2D eigenvalue weighted by Crippen LogP contribution is -1.86. The van der Waals surface area contributed by atoms with Gasteiger partial charge in [-0.2, -0.15) is 0 Å². The van der Waals surface area contributed by atoms with E-state index in [1.165, 1.54) is 4.90 Å². The highest BCUT2D eigenvalue weighted by Crippen LogP contribution is 2.18. The monoisotopic (exact) mass is 200 g/mol. The molecule has 0 N–H and O–H groups in total. The third-order valence-electron chi connectivity index (χ3n) is 1.39. The average Bonchev–Trinajstić information content (AvgIpc) is 2.06. The van der Waals surface area contributed by atoms with Crippen LogP contribution < -0.4 is 0 Å². The fourth-order valence-electron chi connectivity index (χ4n) is 0.849. The predicted molar refractivity (Wildman–Crippen MR) is 53.0 cm³/mol. The molecule has 12 heavy (non-hydrogen) atoms. The zero-order valence-electron chi connectivity index (χ0n) is 6.71. The molecule has 1 rings (SSSR count). The number of hydrogen-bond donors (Lipinski definition) is 0. The minimum absolute atomic E-state index is 0.400. The van der Waals surface area contributed by atoms with Gasteiger partial charge in [-0.3, -0.25) is 4.79 Å². The maximum atomic E-state index is 10.7. The molecule has 1 nitrogen and oxygen atoms in total. The lowest BCUT2D eigenvalue weighted by molar-refractivity contribution is 0.108. The van der Waals surface area contributed by atoms with Gasteiger partial charge in [0.05, 0.1) is 0 Å². The summed E-state index contributed by atoms with van der Waals surface area (Å²) < 4.78 is 0. The number of rotatable bonds is 3. The van der Waals surface area contributed by atoms with Gasteiger partial charge in [-0.15, -0.1) is 11.8 Å². The minimum atomic E-state index is -0.400. The topological polar surface area (TPSA) is 17.1 Å². The van der Waals surface area contributed by atoms with Crippen molar-refractivity contribution in [3.63, 3.8) is 0 Å². The zero-order valence-corrected chi connectivity index (χ0v) is 8.28. The fourth-order valence-corrected chi connectivity index (χ4v) is 1.64. The Morgan fingerprint density at radius 1 is 1.42 bits per heavy atom. The SMILES string of the molecule is CCSc1ccc(C(=O)Cl)cc1. The summed E-state index contributed by atoms with van der Waals surface area (Å²) in [5.41, 5.74) is 0.553. The molecule has 1 aromatic carbocycles. The Hall–Kier alpha value is -0.470. The van der Waals surface area contributed by atoms with Gasteiger partial charge >= 0.3 is 0 Å². The second-order valence-corrected chi connectivity index (χ2v) is 3.91. The molecule has 0 radical (unpaired) electrons. The number of halogens is 1. The standard InChI is InChI=1S/C9H9ClOS/c1-2-12-8-5-3-7(4-6-8)9(10)11/h3-6H,2H2,1H3. The summed E-state index contributed by atoms with van der Waals surface area (Å²) in [5, 5.41) is -0.400. The Balaban J connectivity index is 2.78. The number of thioether (sulfide) groups is 1. The van der Waals surface area contributed by atoms with Gasteiger partial charge in [-0.25, -0.2) is 0 Å². The number of hydrogen-bond acceptors (Lipinski definition) is 2. The van der Waals surface area contributed by atoms with Gasteiger partial charge in [0.1, 0.15) is 0 Å². The van der Waals surface area contributed by atoms with Gasteiger partial charge in [0, 0.05) is 10.5 Å². The number of benzene rings is 1. The predicted octanol–water partition coefficient (Wildman–Crippen LogP) is 3.18. The fraction of sp³-hybridized carbons (Fsp3) is 0.222. The van der Waals surface area contributed by atoms with Gasteiger partial charge in [0.2, 0.25) is 0 Å². The summed E-state index contributed by atoms with van der Waals surface area (Å²) in [6.45, 7) is 2.09. The van der Waals surface area contributed by atoms with Gasteiger partial charge in [-0.05, 0) is 41.6 Å². The highest BCUT2D eigenvalue weighted by atomic mass is 35.5. The van der Waals surface area contributed by atoms with Gasteiger partial charge in [-0.1, -0.05) is 6.92 Å². The molecule has 0 aliphatic heterocycles. The third kappa shape index (κ3) is 2.54. The normalized spacial score (nSPS) is 9.83. The molecule has 3 heteroatoms. The molecule has 64 valence electrons. The molecule has 0 spiro atoms. The van der Waals surface area contributed by atoms with Crippen molar-refractivity contribution in [1.82, 2.24) is 0 Å². The maximum Gasteiger partial charge on any atom is 0.252 e. The largest absolute Gasteiger partial charge is 0.276 e. The molecule has 0 aliphatic carbocycles. The first-order valence-electron chi connectivity index (χ1n) is 3.66. The van der Waals surface area contributed by atoms with E-state index in [1.807, 2.05) is 12.1 Å². The molecule has 0 heterocycles. The Labute approximate surface area is 81.1 Å². The van der Waals surface area contributed by atoms with Gasteiger partial charge in [0.25, 0.3) is 5.24 Å². The van der Waals surface area contributed by atoms with Gasteiger partial charge in [0.15, 0.2) is 0 Å². The quantitative estimate of drug-likeness (QED) is 0.551. The summed E-state index contributed by atoms with van der Waals surface area (Å²) in [7, 11) is 0. The molecule has 0 unspecified atom stereocenters. The van der Waals surface area contributed by atoms with Crippen molar-refractivity contribution in [1.29, 1.82) is 0 Å². The highest BCUT2D eigenvalue weighted by molar-refractivity contribution is 7.99. The maximum absolute atomic E-state index is 10.7. The van der Waals surface area contributed by atoms with Crippen molar-refractivity contribution in [2.75, 3.05) is 5.75 Å². The average molecular weight is 201 g/mol. The van der Waals surface area contributed by atoms with Crippen LogP contribution in [-0.4, -0.2) is 11.0 Å². The first kappa shape index (κ1) is 9.62. The van der Waals surface area contributed by atoms with E-state index in [0.29, 0.717) is 5.56 Å². The van der Waals surface area contributed by atoms with Crippen LogP contribution in [0.25, 0.3) is 0 Å². The first-order chi connectivity index (χ1) is 5.74. The van der Waals surface area contributed by atoms with Crippen LogP contribution in [-0.2, 0) is 0 Å². The Morgan fingerprint density at radius 2 is 2.00 bits per heavy atom. The second-order valence-electron chi connectivity index (χ2n) is 2.23. The number of carbonyl (C=O) groups is 1. The van der Waals surface area contributed by atoms with Crippen molar-refractivity contribution in [3.05, 3.63) is 29.8 Å². The lowest BCUT2D eigenvalue weighted by Gasteiger charge is -1.97. The van der Waals surface area contributed by atoms with E-state index in [4.69, 9.17) is 11.6 Å². The van der Waals surface area contributed by atoms with Crippen LogP contribution in [0.4, 0.5) is 0 Å². The molecule has 0 amide bonds. The van der Waals surface area contributed by atoms with Gasteiger partial charge < -0.3 is 0 Å². The minimum Gasteiger partial charge on any atom is -0.276 e. The van der Waals surface area contributed by atoms with E-state index < -0.39 is 5.24 Å². The third-order valence-corrected chi connectivity index (χ3v) is 2.50. The summed E-state index contributed by atoms with van der Waals surface area (Å²) in [5.74, 6) is 1.04. The molecule has 0 aromatic heterocycles. The van der Waals surface area contributed by atoms with Crippen LogP contribution in [0.15, 0.2) is 29.2 Å². The summed E-state index contributed by atoms with van der Waals surface area (Å²) in [6, 6.07) is 7.30. The van der Waals surface area contributed by atoms with E-state index in [9.17, 15) is 4.79 Å². The molecule has 0 aliphatic rings. The molecule has 0 saturated carbocycles. The lowest BCUT2D eigenvalue weighted by atomic mass is 10.2. The smallest absolute Gasteiger partial charge is 0.252 e. The van der Waals surface area contributed by atoms with Crippen molar-refractivity contribution in [2.45, 2.75) is 11.8 Å². The van der Waals surface area contributed by atoms with Crippen LogP contribution in [0.2, 0.25) is 0 Å². The summed E-state index contributed by atoms with van der Waals surface area (Å²) in [4.78, 5) is 11.8. The Morgan fingerprint density at radius 3 is 2.42 bits per heavy atom. The van der Waals surface area contributed by atoms with E-state index in [0.717, 1.165) is 5.75 Å². The van der Waals surface area contributed by atoms with Crippen LogP contribution in [0, 0.1) is 0 Å². The van der Waals surface area contributed by atoms with Crippen LogP contribution in [0.5, 0.6) is 0 Å². The van der Waals surface area contributed by atoms with E-state index in [2.05, 4.69) is 6.92 Å². The summed E-state index contributed by atoms with van der Waals surface area (Å²) >= 11 is 7.03. The molecule has 0 saturated heterocycles. The zero-order chi connectivity index (χ0) is 8.97. The van der Waals surface area contributed by atoms with E-state index in [-0.39, 0.29) is 0 Å². The van der Waals surface area contributed by atoms with Crippen molar-refractivity contribution in [3.8, 4) is 0 Å². The van der Waals surface area contributed by atoms with Crippen molar-refractivity contribution >= 4 is 28.6 Å². The molecule has 0 atom stereocenters. The highest BCUT2D eigenvalue weighted by Gasteiger charge is 1.99. The van der Waals surface area contributed by atoms with E-state index in [1.54, 1.807) is 23.9 Å². The van der Waals surface area contributed by atoms with Crippen LogP contribution in [0.3, 0.4) is 0 Å². The number of carbonyl (C=O) groups excluding carboxylic acids is 1. The molecular formula is C9H9ClOS. The molecule has 1 aromatic rings. The summed E-state index contributed by atoms with van der Waals surface area (Å²) in [6.07, 6.45) is 0. The Kier molecular flexibility index (Phi) is 3.63. The van der Waals surface area contributed by atoms with Crippen molar-refractivity contribution in [2.24, 2.45) is 0 Å². The Bertz CT molecular complexity index is 268. The van der Waals surface area contributed by atoms with E-state index >= 15 is 0 Å². The van der Waals surface area contributed by atoms with Crippen LogP contribution in [0.1, 0.15) is 17.3 Å². The second kappa shape index (κ2) is 4.53. The van der Waals surface area contributed by atoms with Crippen LogP contribution >= 0.6 is 23.4 Å².